The van der Waals surface area contributed by atoms with E-state index in [0.29, 0.717) is 12.2 Å². The zero-order chi connectivity index (χ0) is 22.9. The van der Waals surface area contributed by atoms with Crippen molar-refractivity contribution in [2.75, 3.05) is 5.32 Å². The molecule has 0 saturated carbocycles. The van der Waals surface area contributed by atoms with Gasteiger partial charge in [0, 0.05) is 24.6 Å². The molecule has 2 heterocycles. The van der Waals surface area contributed by atoms with Gasteiger partial charge < -0.3 is 14.6 Å². The van der Waals surface area contributed by atoms with Crippen molar-refractivity contribution in [1.82, 2.24) is 14.3 Å². The van der Waals surface area contributed by atoms with Gasteiger partial charge in [-0.15, -0.1) is 13.2 Å². The van der Waals surface area contributed by atoms with Gasteiger partial charge in [-0.1, -0.05) is 18.2 Å². The van der Waals surface area contributed by atoms with Crippen molar-refractivity contribution < 1.29 is 22.7 Å². The van der Waals surface area contributed by atoms with Crippen molar-refractivity contribution in [3.05, 3.63) is 82.9 Å². The SMILES string of the molecule is CCn1cc(C(=O)Nc2ccc(OC(F)(F)F)cc2)c2nn(-c3ccccc3)c(=O)c-2c1. The molecule has 0 aliphatic carbocycles. The molecule has 0 radical (unpaired) electrons. The average Bonchev–Trinajstić information content (AvgIpc) is 3.10. The second-order valence-electron chi connectivity index (χ2n) is 6.84. The lowest BCUT2D eigenvalue weighted by atomic mass is 10.1. The molecule has 164 valence electrons. The van der Waals surface area contributed by atoms with E-state index in [4.69, 9.17) is 0 Å². The Balaban J connectivity index is 1.68. The Bertz CT molecular complexity index is 1280. The number of pyridine rings is 1. The van der Waals surface area contributed by atoms with Gasteiger partial charge in [0.1, 0.15) is 11.4 Å². The van der Waals surface area contributed by atoms with Gasteiger partial charge in [-0.3, -0.25) is 9.59 Å². The number of ether oxygens (including phenoxy) is 1. The van der Waals surface area contributed by atoms with Crippen LogP contribution in [0.3, 0.4) is 0 Å². The minimum atomic E-state index is -4.80. The van der Waals surface area contributed by atoms with Crippen molar-refractivity contribution in [3.63, 3.8) is 0 Å². The summed E-state index contributed by atoms with van der Waals surface area (Å²) in [6.45, 7) is 2.37. The molecule has 1 amide bonds. The number of anilines is 1. The number of aryl methyl sites for hydroxylation is 1. The molecule has 0 spiro atoms. The Morgan fingerprint density at radius 1 is 1.06 bits per heavy atom. The minimum absolute atomic E-state index is 0.159. The van der Waals surface area contributed by atoms with Crippen LogP contribution in [0.5, 0.6) is 5.75 Å². The van der Waals surface area contributed by atoms with Crippen LogP contribution in [0.15, 0.2) is 71.8 Å². The number of benzene rings is 2. The van der Waals surface area contributed by atoms with Gasteiger partial charge in [0.2, 0.25) is 0 Å². The number of para-hydroxylation sites is 1. The number of fused-ring (bicyclic) bond motifs is 1. The summed E-state index contributed by atoms with van der Waals surface area (Å²) in [6.07, 6.45) is -1.60. The zero-order valence-electron chi connectivity index (χ0n) is 16.8. The summed E-state index contributed by atoms with van der Waals surface area (Å²) < 4.78 is 43.7. The van der Waals surface area contributed by atoms with Gasteiger partial charge in [0.15, 0.2) is 0 Å². The molecular formula is C22H17F3N4O3. The van der Waals surface area contributed by atoms with E-state index >= 15 is 0 Å². The highest BCUT2D eigenvalue weighted by Gasteiger charge is 2.31. The topological polar surface area (TPSA) is 78.2 Å². The number of halogens is 3. The summed E-state index contributed by atoms with van der Waals surface area (Å²) in [5, 5.41) is 6.98. The average molecular weight is 442 g/mol. The molecular weight excluding hydrogens is 425 g/mol. The lowest BCUT2D eigenvalue weighted by Gasteiger charge is -2.12. The monoisotopic (exact) mass is 442 g/mol. The Kier molecular flexibility index (Phi) is 5.43. The molecule has 2 aliphatic heterocycles. The summed E-state index contributed by atoms with van der Waals surface area (Å²) in [4.78, 5) is 25.9. The van der Waals surface area contributed by atoms with Crippen molar-refractivity contribution in [2.45, 2.75) is 19.8 Å². The van der Waals surface area contributed by atoms with E-state index in [-0.39, 0.29) is 28.1 Å². The maximum Gasteiger partial charge on any atom is 0.573 e. The fraction of sp³-hybridized carbons (Fsp3) is 0.136. The molecule has 0 atom stereocenters. The Labute approximate surface area is 180 Å². The molecule has 2 aromatic rings. The largest absolute Gasteiger partial charge is 0.573 e. The number of nitrogens with one attached hydrogen (secondary N) is 1. The van der Waals surface area contributed by atoms with E-state index in [9.17, 15) is 22.8 Å². The van der Waals surface area contributed by atoms with Crippen molar-refractivity contribution >= 4 is 11.6 Å². The first-order chi connectivity index (χ1) is 15.2. The first-order valence-electron chi connectivity index (χ1n) is 9.60. The molecule has 7 nitrogen and oxygen atoms in total. The van der Waals surface area contributed by atoms with E-state index < -0.39 is 18.0 Å². The fourth-order valence-electron chi connectivity index (χ4n) is 3.19. The Morgan fingerprint density at radius 3 is 2.38 bits per heavy atom. The van der Waals surface area contributed by atoms with E-state index in [2.05, 4.69) is 15.2 Å². The number of rotatable bonds is 5. The molecule has 1 N–H and O–H groups in total. The third-order valence-electron chi connectivity index (χ3n) is 4.68. The normalized spacial score (nSPS) is 11.5. The van der Waals surface area contributed by atoms with E-state index in [1.165, 1.54) is 16.8 Å². The number of hydrogen-bond acceptors (Lipinski definition) is 4. The maximum atomic E-state index is 13.0. The number of nitrogens with zero attached hydrogens (tertiary/aromatic N) is 3. The second kappa shape index (κ2) is 8.22. The molecule has 4 rings (SSSR count). The molecule has 0 saturated heterocycles. The van der Waals surface area contributed by atoms with Gasteiger partial charge >= 0.3 is 6.36 Å². The van der Waals surface area contributed by atoms with Crippen LogP contribution < -0.4 is 15.6 Å². The minimum Gasteiger partial charge on any atom is -0.406 e. The highest BCUT2D eigenvalue weighted by Crippen LogP contribution is 2.26. The Morgan fingerprint density at radius 2 is 1.75 bits per heavy atom. The van der Waals surface area contributed by atoms with Crippen LogP contribution in [-0.4, -0.2) is 26.6 Å². The van der Waals surface area contributed by atoms with Crippen molar-refractivity contribution in [2.24, 2.45) is 0 Å². The van der Waals surface area contributed by atoms with Gasteiger partial charge in [0.05, 0.1) is 16.8 Å². The van der Waals surface area contributed by atoms with Crippen LogP contribution in [0.1, 0.15) is 17.3 Å². The first-order valence-corrected chi connectivity index (χ1v) is 9.60. The van der Waals surface area contributed by atoms with Gasteiger partial charge in [0.25, 0.3) is 11.5 Å². The number of amides is 1. The van der Waals surface area contributed by atoms with Crippen LogP contribution in [0.2, 0.25) is 0 Å². The van der Waals surface area contributed by atoms with Crippen molar-refractivity contribution in [1.29, 1.82) is 0 Å². The standard InChI is InChI=1S/C22H17F3N4O3/c1-2-28-12-17(20(30)26-14-8-10-16(11-9-14)32-22(23,24)25)19-18(13-28)21(31)29(27-19)15-6-4-3-5-7-15/h3-13H,2H2,1H3,(H,26,30). The molecule has 0 unspecified atom stereocenters. The lowest BCUT2D eigenvalue weighted by molar-refractivity contribution is -0.274. The molecule has 0 aromatic heterocycles. The summed E-state index contributed by atoms with van der Waals surface area (Å²) in [7, 11) is 0. The molecule has 2 aliphatic rings. The number of hydrogen-bond donors (Lipinski definition) is 1. The quantitative estimate of drug-likeness (QED) is 0.500. The predicted molar refractivity (Wildman–Crippen MR) is 111 cm³/mol. The number of alkyl halides is 3. The number of aromatic nitrogens is 3. The summed E-state index contributed by atoms with van der Waals surface area (Å²) in [5.41, 5.74) is 1.11. The summed E-state index contributed by atoms with van der Waals surface area (Å²) >= 11 is 0. The Hall–Kier alpha value is -4.08. The predicted octanol–water partition coefficient (Wildman–Crippen LogP) is 4.31. The number of carbonyl (C=O) groups is 1. The maximum absolute atomic E-state index is 13.0. The van der Waals surface area contributed by atoms with E-state index in [1.54, 1.807) is 41.2 Å². The lowest BCUT2D eigenvalue weighted by Crippen LogP contribution is -2.18. The smallest absolute Gasteiger partial charge is 0.406 e. The van der Waals surface area contributed by atoms with Crippen LogP contribution in [0.4, 0.5) is 18.9 Å². The fourth-order valence-corrected chi connectivity index (χ4v) is 3.19. The number of carbonyl (C=O) groups excluding carboxylic acids is 1. The summed E-state index contributed by atoms with van der Waals surface area (Å²) in [6, 6.07) is 13.6. The second-order valence-corrected chi connectivity index (χ2v) is 6.84. The molecule has 0 fully saturated rings. The van der Waals surface area contributed by atoms with Crippen LogP contribution in [0, 0.1) is 0 Å². The van der Waals surface area contributed by atoms with Gasteiger partial charge in [-0.2, -0.15) is 9.78 Å². The van der Waals surface area contributed by atoms with E-state index in [0.717, 1.165) is 12.1 Å². The van der Waals surface area contributed by atoms with E-state index in [1.807, 2.05) is 13.0 Å². The zero-order valence-corrected chi connectivity index (χ0v) is 16.8. The van der Waals surface area contributed by atoms with Crippen LogP contribution >= 0.6 is 0 Å². The van der Waals surface area contributed by atoms with Gasteiger partial charge in [-0.25, -0.2) is 0 Å². The van der Waals surface area contributed by atoms with Crippen LogP contribution in [-0.2, 0) is 6.54 Å². The highest BCUT2D eigenvalue weighted by atomic mass is 19.4. The van der Waals surface area contributed by atoms with Crippen LogP contribution in [0.25, 0.3) is 16.9 Å². The molecule has 2 aromatic carbocycles. The molecule has 0 bridgehead atoms. The third-order valence-corrected chi connectivity index (χ3v) is 4.68. The first kappa shape index (κ1) is 21.2. The summed E-state index contributed by atoms with van der Waals surface area (Å²) in [5.74, 6) is -0.959. The third kappa shape index (κ3) is 4.34. The highest BCUT2D eigenvalue weighted by molar-refractivity contribution is 6.08. The van der Waals surface area contributed by atoms with Crippen molar-refractivity contribution in [3.8, 4) is 22.7 Å². The molecule has 32 heavy (non-hydrogen) atoms. The van der Waals surface area contributed by atoms with Gasteiger partial charge in [-0.05, 0) is 43.3 Å². The molecule has 10 heteroatoms.